The zero-order chi connectivity index (χ0) is 25.9. The van der Waals surface area contributed by atoms with Gasteiger partial charge in [0, 0.05) is 53.0 Å². The molecule has 1 unspecified atom stereocenters. The Bertz CT molecular complexity index is 1590. The molecule has 0 spiro atoms. The molecule has 0 aliphatic carbocycles. The molecule has 2 aromatic heterocycles. The van der Waals surface area contributed by atoms with Crippen LogP contribution in [-0.2, 0) is 13.5 Å². The number of aromatic carboxylic acids is 1. The van der Waals surface area contributed by atoms with E-state index in [0.717, 1.165) is 33.2 Å². The molecule has 8 heteroatoms. The summed E-state index contributed by atoms with van der Waals surface area (Å²) in [6.45, 7) is 0.477. The lowest BCUT2D eigenvalue weighted by Crippen LogP contribution is -2.30. The van der Waals surface area contributed by atoms with Gasteiger partial charge in [0.2, 0.25) is 0 Å². The minimum atomic E-state index is -1.02. The second kappa shape index (κ2) is 10.4. The van der Waals surface area contributed by atoms with Crippen molar-refractivity contribution in [3.8, 4) is 11.1 Å². The highest BCUT2D eigenvalue weighted by Crippen LogP contribution is 2.29. The topological polar surface area (TPSA) is 100 Å². The largest absolute Gasteiger partial charge is 0.478 e. The maximum Gasteiger partial charge on any atom is 0.335 e. The van der Waals surface area contributed by atoms with Crippen molar-refractivity contribution in [2.24, 2.45) is 7.05 Å². The van der Waals surface area contributed by atoms with Crippen LogP contribution in [0.4, 0.5) is 0 Å². The van der Waals surface area contributed by atoms with E-state index in [1.54, 1.807) is 16.9 Å². The van der Waals surface area contributed by atoms with Crippen LogP contribution >= 0.6 is 11.6 Å². The third-order valence-corrected chi connectivity index (χ3v) is 6.78. The predicted octanol–water partition coefficient (Wildman–Crippen LogP) is 5.68. The smallest absolute Gasteiger partial charge is 0.335 e. The summed E-state index contributed by atoms with van der Waals surface area (Å²) >= 11 is 6.31. The molecule has 5 aromatic rings. The van der Waals surface area contributed by atoms with Gasteiger partial charge >= 0.3 is 5.97 Å². The zero-order valence-electron chi connectivity index (χ0n) is 20.1. The molecule has 0 aliphatic rings. The van der Waals surface area contributed by atoms with Crippen molar-refractivity contribution >= 4 is 34.3 Å². The van der Waals surface area contributed by atoms with Crippen LogP contribution in [0.15, 0.2) is 85.3 Å². The molecule has 186 valence electrons. The van der Waals surface area contributed by atoms with Crippen LogP contribution in [0, 0.1) is 0 Å². The number of halogens is 1. The minimum absolute atomic E-state index is 0.0427. The number of nitrogens with one attached hydrogen (secondary N) is 2. The van der Waals surface area contributed by atoms with Crippen molar-refractivity contribution in [1.29, 1.82) is 0 Å². The first-order chi connectivity index (χ1) is 17.9. The van der Waals surface area contributed by atoms with Gasteiger partial charge in [0.25, 0.3) is 0 Å². The van der Waals surface area contributed by atoms with Gasteiger partial charge in [-0.2, -0.15) is 5.10 Å². The molecule has 2 heterocycles. The Labute approximate surface area is 218 Å². The molecule has 0 saturated heterocycles. The van der Waals surface area contributed by atoms with E-state index in [-0.39, 0.29) is 11.3 Å². The quantitative estimate of drug-likeness (QED) is 0.221. The fourth-order valence-corrected chi connectivity index (χ4v) is 4.75. The van der Waals surface area contributed by atoms with Crippen molar-refractivity contribution in [3.63, 3.8) is 0 Å². The summed E-state index contributed by atoms with van der Waals surface area (Å²) < 4.78 is 1.76. The summed E-state index contributed by atoms with van der Waals surface area (Å²) in [7, 11) is 1.88. The van der Waals surface area contributed by atoms with Crippen molar-refractivity contribution < 1.29 is 14.7 Å². The van der Waals surface area contributed by atoms with Gasteiger partial charge in [-0.05, 0) is 41.3 Å². The number of Topliss-reactive ketones (excluding diaryl/α,β-unsaturated/α-hetero) is 1. The number of benzene rings is 3. The number of carboxylic acids is 1. The van der Waals surface area contributed by atoms with Crippen LogP contribution in [0.2, 0.25) is 5.02 Å². The Kier molecular flexibility index (Phi) is 6.90. The standard InChI is InChI=1S/C29H25ClN4O3/c1-34-17-22(15-33-34)20-9-10-23-24(16-32-26(23)14-20)28(35)27(19-5-3-2-4-6-19)31-12-11-18-7-8-21(29(36)37)13-25(18)30/h2-10,13-17,27,31-32H,11-12H2,1H3,(H,36,37). The molecule has 1 atom stereocenters. The van der Waals surface area contributed by atoms with Crippen LogP contribution < -0.4 is 5.32 Å². The number of carbonyl (C=O) groups is 2. The van der Waals surface area contributed by atoms with E-state index in [4.69, 9.17) is 16.7 Å². The highest BCUT2D eigenvalue weighted by molar-refractivity contribution is 6.31. The number of aromatic nitrogens is 3. The highest BCUT2D eigenvalue weighted by Gasteiger charge is 2.24. The van der Waals surface area contributed by atoms with Gasteiger partial charge in [0.05, 0.1) is 17.8 Å². The second-order valence-corrected chi connectivity index (χ2v) is 9.30. The Morgan fingerprint density at radius 1 is 1.08 bits per heavy atom. The van der Waals surface area contributed by atoms with Crippen molar-refractivity contribution in [3.05, 3.63) is 113 Å². The Hall–Kier alpha value is -4.20. The molecule has 0 bridgehead atoms. The van der Waals surface area contributed by atoms with E-state index in [2.05, 4.69) is 15.4 Å². The van der Waals surface area contributed by atoms with Crippen LogP contribution in [0.25, 0.3) is 22.0 Å². The van der Waals surface area contributed by atoms with Crippen LogP contribution in [0.3, 0.4) is 0 Å². The molecule has 3 N–H and O–H groups in total. The summed E-state index contributed by atoms with van der Waals surface area (Å²) in [5, 5.41) is 18.0. The molecule has 3 aromatic carbocycles. The van der Waals surface area contributed by atoms with Crippen LogP contribution in [0.1, 0.15) is 37.9 Å². The number of nitrogens with zero attached hydrogens (tertiary/aromatic N) is 2. The van der Waals surface area contributed by atoms with E-state index < -0.39 is 12.0 Å². The number of fused-ring (bicyclic) bond motifs is 1. The molecular formula is C29H25ClN4O3. The number of aromatic amines is 1. The molecule has 0 aliphatic heterocycles. The predicted molar refractivity (Wildman–Crippen MR) is 144 cm³/mol. The van der Waals surface area contributed by atoms with E-state index >= 15 is 0 Å². The van der Waals surface area contributed by atoms with Gasteiger partial charge in [-0.1, -0.05) is 60.1 Å². The first-order valence-electron chi connectivity index (χ1n) is 11.8. The average molecular weight is 513 g/mol. The number of hydrogen-bond donors (Lipinski definition) is 3. The number of aryl methyl sites for hydroxylation is 1. The van der Waals surface area contributed by atoms with Crippen molar-refractivity contribution in [2.75, 3.05) is 6.54 Å². The summed E-state index contributed by atoms with van der Waals surface area (Å²) in [6.07, 6.45) is 6.07. The van der Waals surface area contributed by atoms with Crippen molar-refractivity contribution in [1.82, 2.24) is 20.1 Å². The van der Waals surface area contributed by atoms with Crippen LogP contribution in [0.5, 0.6) is 0 Å². The zero-order valence-corrected chi connectivity index (χ0v) is 20.9. The molecule has 37 heavy (non-hydrogen) atoms. The third-order valence-electron chi connectivity index (χ3n) is 6.42. The van der Waals surface area contributed by atoms with Gasteiger partial charge in [-0.25, -0.2) is 4.79 Å². The summed E-state index contributed by atoms with van der Waals surface area (Å²) in [5.74, 6) is -1.06. The minimum Gasteiger partial charge on any atom is -0.478 e. The Morgan fingerprint density at radius 2 is 1.89 bits per heavy atom. The van der Waals surface area contributed by atoms with Gasteiger partial charge < -0.3 is 15.4 Å². The van der Waals surface area contributed by atoms with E-state index in [0.29, 0.717) is 23.6 Å². The van der Waals surface area contributed by atoms with Gasteiger partial charge in [0.1, 0.15) is 0 Å². The first-order valence-corrected chi connectivity index (χ1v) is 12.2. The van der Waals surface area contributed by atoms with Gasteiger partial charge in [-0.3, -0.25) is 9.48 Å². The number of carbonyl (C=O) groups excluding carboxylic acids is 1. The van der Waals surface area contributed by atoms with E-state index in [9.17, 15) is 9.59 Å². The normalized spacial score (nSPS) is 12.1. The number of H-pyrrole nitrogens is 1. The molecule has 5 rings (SSSR count). The highest BCUT2D eigenvalue weighted by atomic mass is 35.5. The fraction of sp³-hybridized carbons (Fsp3) is 0.138. The van der Waals surface area contributed by atoms with E-state index in [1.807, 2.05) is 68.0 Å². The monoisotopic (exact) mass is 512 g/mol. The Morgan fingerprint density at radius 3 is 2.59 bits per heavy atom. The lowest BCUT2D eigenvalue weighted by Gasteiger charge is -2.18. The molecular weight excluding hydrogens is 488 g/mol. The summed E-state index contributed by atoms with van der Waals surface area (Å²) in [6, 6.07) is 19.7. The first kappa shape index (κ1) is 24.5. The lowest BCUT2D eigenvalue weighted by molar-refractivity contribution is 0.0696. The Balaban J connectivity index is 1.39. The van der Waals surface area contributed by atoms with Gasteiger partial charge in [-0.15, -0.1) is 0 Å². The molecule has 7 nitrogen and oxygen atoms in total. The number of ketones is 1. The number of hydrogen-bond acceptors (Lipinski definition) is 4. The van der Waals surface area contributed by atoms with Crippen molar-refractivity contribution in [2.45, 2.75) is 12.5 Å². The lowest BCUT2D eigenvalue weighted by atomic mass is 9.96. The van der Waals surface area contributed by atoms with Gasteiger partial charge in [0.15, 0.2) is 5.78 Å². The fourth-order valence-electron chi connectivity index (χ4n) is 4.48. The third kappa shape index (κ3) is 5.18. The summed E-state index contributed by atoms with van der Waals surface area (Å²) in [5.41, 5.74) is 5.33. The van der Waals surface area contributed by atoms with Crippen LogP contribution in [-0.4, -0.2) is 38.2 Å². The molecule has 0 amide bonds. The maximum absolute atomic E-state index is 13.8. The molecule has 0 radical (unpaired) electrons. The molecule has 0 fully saturated rings. The maximum atomic E-state index is 13.8. The SMILES string of the molecule is Cn1cc(-c2ccc3c(C(=O)C(NCCc4ccc(C(=O)O)cc4Cl)c4ccccc4)c[nH]c3c2)cn1. The number of carboxylic acid groups (broad SMARTS) is 1. The summed E-state index contributed by atoms with van der Waals surface area (Å²) in [4.78, 5) is 28.3. The van der Waals surface area contributed by atoms with E-state index in [1.165, 1.54) is 12.1 Å². The average Bonchev–Trinajstić information content (AvgIpc) is 3.53. The number of rotatable bonds is 9. The second-order valence-electron chi connectivity index (χ2n) is 8.89. The molecule has 0 saturated carbocycles.